The average Bonchev–Trinajstić information content (AvgIpc) is 2.74. The van der Waals surface area contributed by atoms with E-state index in [1.54, 1.807) is 13.0 Å². The van der Waals surface area contributed by atoms with Crippen molar-refractivity contribution >= 4 is 27.5 Å². The predicted octanol–water partition coefficient (Wildman–Crippen LogP) is -0.137. The Balaban J connectivity index is 1.97. The standard InChI is InChI=1S/C13H15N3O4S/c1-8-10-6-9(2-3-11(10)15-13(8)18)21(19,20)16-5-4-14-12(17)7-16/h2-3,6,8H,4-5,7H2,1H3,(H,14,17)(H,15,18)/t8-/m1/s1. The van der Waals surface area contributed by atoms with E-state index in [0.717, 1.165) is 4.31 Å². The number of hydrogen-bond acceptors (Lipinski definition) is 4. The monoisotopic (exact) mass is 309 g/mol. The van der Waals surface area contributed by atoms with E-state index in [1.807, 2.05) is 0 Å². The van der Waals surface area contributed by atoms with E-state index in [9.17, 15) is 18.0 Å². The molecule has 0 radical (unpaired) electrons. The molecule has 2 heterocycles. The maximum Gasteiger partial charge on any atom is 0.243 e. The number of hydrogen-bond donors (Lipinski definition) is 2. The molecule has 0 spiro atoms. The van der Waals surface area contributed by atoms with Crippen molar-refractivity contribution in [1.29, 1.82) is 0 Å². The lowest BCUT2D eigenvalue weighted by Crippen LogP contribution is -2.49. The van der Waals surface area contributed by atoms with Gasteiger partial charge in [-0.05, 0) is 30.7 Å². The van der Waals surface area contributed by atoms with Crippen LogP contribution in [-0.2, 0) is 19.6 Å². The lowest BCUT2D eigenvalue weighted by Gasteiger charge is -2.26. The van der Waals surface area contributed by atoms with Gasteiger partial charge in [0.05, 0.1) is 17.4 Å². The van der Waals surface area contributed by atoms with Gasteiger partial charge in [0.1, 0.15) is 0 Å². The second-order valence-electron chi connectivity index (χ2n) is 5.15. The summed E-state index contributed by atoms with van der Waals surface area (Å²) in [5.74, 6) is -0.826. The van der Waals surface area contributed by atoms with Crippen molar-refractivity contribution in [1.82, 2.24) is 9.62 Å². The van der Waals surface area contributed by atoms with Gasteiger partial charge in [0.25, 0.3) is 0 Å². The molecule has 0 saturated carbocycles. The molecule has 7 nitrogen and oxygen atoms in total. The van der Waals surface area contributed by atoms with E-state index >= 15 is 0 Å². The maximum atomic E-state index is 12.6. The van der Waals surface area contributed by atoms with Crippen LogP contribution in [0.1, 0.15) is 18.4 Å². The number of rotatable bonds is 2. The Morgan fingerprint density at radius 1 is 1.29 bits per heavy atom. The van der Waals surface area contributed by atoms with Crippen LogP contribution < -0.4 is 10.6 Å². The molecule has 1 aromatic rings. The molecule has 0 unspecified atom stereocenters. The van der Waals surface area contributed by atoms with E-state index in [0.29, 0.717) is 17.8 Å². The second kappa shape index (κ2) is 4.81. The van der Waals surface area contributed by atoms with E-state index in [2.05, 4.69) is 10.6 Å². The van der Waals surface area contributed by atoms with Crippen LogP contribution in [0.3, 0.4) is 0 Å². The van der Waals surface area contributed by atoms with Gasteiger partial charge in [-0.25, -0.2) is 8.42 Å². The highest BCUT2D eigenvalue weighted by Crippen LogP contribution is 2.34. The highest BCUT2D eigenvalue weighted by atomic mass is 32.2. The lowest BCUT2D eigenvalue weighted by molar-refractivity contribution is -0.122. The zero-order valence-corrected chi connectivity index (χ0v) is 12.2. The molecule has 3 rings (SSSR count). The van der Waals surface area contributed by atoms with E-state index in [4.69, 9.17) is 0 Å². The van der Waals surface area contributed by atoms with Crippen LogP contribution in [0.4, 0.5) is 5.69 Å². The van der Waals surface area contributed by atoms with Gasteiger partial charge in [-0.3, -0.25) is 9.59 Å². The zero-order valence-electron chi connectivity index (χ0n) is 11.4. The minimum Gasteiger partial charge on any atom is -0.354 e. The number of amides is 2. The molecule has 1 fully saturated rings. The lowest BCUT2D eigenvalue weighted by atomic mass is 10.0. The first-order valence-electron chi connectivity index (χ1n) is 6.61. The van der Waals surface area contributed by atoms with Gasteiger partial charge in [-0.1, -0.05) is 0 Å². The summed E-state index contributed by atoms with van der Waals surface area (Å²) in [4.78, 5) is 23.1. The molecule has 2 N–H and O–H groups in total. The maximum absolute atomic E-state index is 12.6. The first-order valence-corrected chi connectivity index (χ1v) is 8.05. The van der Waals surface area contributed by atoms with E-state index in [1.165, 1.54) is 12.1 Å². The first-order chi connectivity index (χ1) is 9.89. The molecule has 2 aliphatic heterocycles. The van der Waals surface area contributed by atoms with Gasteiger partial charge in [-0.2, -0.15) is 4.31 Å². The number of carbonyl (C=O) groups is 2. The summed E-state index contributed by atoms with van der Waals surface area (Å²) < 4.78 is 26.3. The summed E-state index contributed by atoms with van der Waals surface area (Å²) in [7, 11) is -3.72. The molecule has 1 aromatic carbocycles. The van der Waals surface area contributed by atoms with Crippen LogP contribution >= 0.6 is 0 Å². The molecule has 0 aliphatic carbocycles. The van der Waals surface area contributed by atoms with E-state index < -0.39 is 10.0 Å². The number of sulfonamides is 1. The minimum atomic E-state index is -3.72. The fourth-order valence-corrected chi connectivity index (χ4v) is 3.96. The average molecular weight is 309 g/mol. The van der Waals surface area contributed by atoms with Crippen LogP contribution in [0.2, 0.25) is 0 Å². The molecular formula is C13H15N3O4S. The number of piperazine rings is 1. The zero-order chi connectivity index (χ0) is 15.2. The molecule has 0 bridgehead atoms. The summed E-state index contributed by atoms with van der Waals surface area (Å²) in [5.41, 5.74) is 1.31. The number of carbonyl (C=O) groups excluding carboxylic acids is 2. The Bertz CT molecular complexity index is 729. The number of fused-ring (bicyclic) bond motifs is 1. The molecule has 2 aliphatic rings. The SMILES string of the molecule is C[C@H]1C(=O)Nc2ccc(S(=O)(=O)N3CCNC(=O)C3)cc21. The summed E-state index contributed by atoms with van der Waals surface area (Å²) >= 11 is 0. The Hall–Kier alpha value is -1.93. The first kappa shape index (κ1) is 14.0. The van der Waals surface area contributed by atoms with Crippen molar-refractivity contribution < 1.29 is 18.0 Å². The fourth-order valence-electron chi connectivity index (χ4n) is 2.52. The van der Waals surface area contributed by atoms with Crippen molar-refractivity contribution in [3.63, 3.8) is 0 Å². The van der Waals surface area contributed by atoms with Gasteiger partial charge in [0, 0.05) is 18.8 Å². The van der Waals surface area contributed by atoms with Gasteiger partial charge in [0.2, 0.25) is 21.8 Å². The Morgan fingerprint density at radius 2 is 2.05 bits per heavy atom. The van der Waals surface area contributed by atoms with Crippen LogP contribution in [0.5, 0.6) is 0 Å². The van der Waals surface area contributed by atoms with Crippen molar-refractivity contribution in [2.45, 2.75) is 17.7 Å². The molecule has 1 saturated heterocycles. The van der Waals surface area contributed by atoms with Crippen LogP contribution in [-0.4, -0.2) is 44.2 Å². The minimum absolute atomic E-state index is 0.110. The molecule has 1 atom stereocenters. The number of nitrogens with one attached hydrogen (secondary N) is 2. The molecule has 2 amide bonds. The molecule has 8 heteroatoms. The Labute approximate surface area is 122 Å². The summed E-state index contributed by atoms with van der Waals surface area (Å²) in [6, 6.07) is 4.56. The summed E-state index contributed by atoms with van der Waals surface area (Å²) in [6.45, 7) is 2.11. The topological polar surface area (TPSA) is 95.6 Å². The van der Waals surface area contributed by atoms with E-state index in [-0.39, 0.29) is 35.7 Å². The smallest absolute Gasteiger partial charge is 0.243 e. The third-order valence-electron chi connectivity index (χ3n) is 3.78. The van der Waals surface area contributed by atoms with Gasteiger partial charge in [0.15, 0.2) is 0 Å². The molecule has 0 aromatic heterocycles. The predicted molar refractivity (Wildman–Crippen MR) is 75.3 cm³/mol. The highest BCUT2D eigenvalue weighted by molar-refractivity contribution is 7.89. The summed E-state index contributed by atoms with van der Waals surface area (Å²) in [5, 5.41) is 5.29. The van der Waals surface area contributed by atoms with Crippen molar-refractivity contribution in [2.24, 2.45) is 0 Å². The third-order valence-corrected chi connectivity index (χ3v) is 5.62. The Kier molecular flexibility index (Phi) is 3.22. The largest absolute Gasteiger partial charge is 0.354 e. The number of benzene rings is 1. The van der Waals surface area contributed by atoms with Gasteiger partial charge in [-0.15, -0.1) is 0 Å². The van der Waals surface area contributed by atoms with Crippen molar-refractivity contribution in [2.75, 3.05) is 25.0 Å². The molecular weight excluding hydrogens is 294 g/mol. The fraction of sp³-hybridized carbons (Fsp3) is 0.385. The number of anilines is 1. The van der Waals surface area contributed by atoms with Gasteiger partial charge < -0.3 is 10.6 Å². The van der Waals surface area contributed by atoms with Crippen LogP contribution in [0, 0.1) is 0 Å². The Morgan fingerprint density at radius 3 is 2.76 bits per heavy atom. The third kappa shape index (κ3) is 2.30. The second-order valence-corrected chi connectivity index (χ2v) is 7.09. The molecule has 112 valence electrons. The quantitative estimate of drug-likeness (QED) is 0.795. The van der Waals surface area contributed by atoms with Crippen molar-refractivity contribution in [3.05, 3.63) is 23.8 Å². The highest BCUT2D eigenvalue weighted by Gasteiger charge is 2.32. The summed E-state index contributed by atoms with van der Waals surface area (Å²) in [6.07, 6.45) is 0. The van der Waals surface area contributed by atoms with Gasteiger partial charge >= 0.3 is 0 Å². The van der Waals surface area contributed by atoms with Crippen LogP contribution in [0.25, 0.3) is 0 Å². The number of nitrogens with zero attached hydrogens (tertiary/aromatic N) is 1. The molecule has 21 heavy (non-hydrogen) atoms. The normalized spacial score (nSPS) is 22.6. The van der Waals surface area contributed by atoms with Crippen LogP contribution in [0.15, 0.2) is 23.1 Å². The van der Waals surface area contributed by atoms with Crippen molar-refractivity contribution in [3.8, 4) is 0 Å².